The molecule has 0 spiro atoms. The number of nitriles is 1. The molecular formula is C26H20ClN5O2. The Bertz CT molecular complexity index is 1310. The number of nitrogens with two attached hydrogens (primary N) is 1. The van der Waals surface area contributed by atoms with E-state index in [0.29, 0.717) is 16.4 Å². The van der Waals surface area contributed by atoms with Crippen molar-refractivity contribution in [3.63, 3.8) is 0 Å². The van der Waals surface area contributed by atoms with E-state index in [1.165, 1.54) is 6.21 Å². The van der Waals surface area contributed by atoms with Crippen LogP contribution in [0, 0.1) is 11.3 Å². The van der Waals surface area contributed by atoms with Gasteiger partial charge in [0.15, 0.2) is 5.76 Å². The Kier molecular flexibility index (Phi) is 6.92. The van der Waals surface area contributed by atoms with Crippen LogP contribution >= 0.6 is 11.6 Å². The third-order valence-electron chi connectivity index (χ3n) is 5.08. The van der Waals surface area contributed by atoms with Gasteiger partial charge in [0.2, 0.25) is 5.88 Å². The normalized spacial score (nSPS) is 15.6. The number of benzene rings is 3. The predicted octanol–water partition coefficient (Wildman–Crippen LogP) is 5.14. The fraction of sp³-hybridized carbons (Fsp3) is 0.0385. The first kappa shape index (κ1) is 22.6. The molecule has 1 aliphatic rings. The number of para-hydroxylation sites is 1. The summed E-state index contributed by atoms with van der Waals surface area (Å²) in [5.41, 5.74) is 11.3. The van der Waals surface area contributed by atoms with E-state index in [2.05, 4.69) is 21.9 Å². The molecule has 1 unspecified atom stereocenters. The van der Waals surface area contributed by atoms with E-state index in [4.69, 9.17) is 22.1 Å². The van der Waals surface area contributed by atoms with Crippen LogP contribution in [0.15, 0.2) is 113 Å². The van der Waals surface area contributed by atoms with E-state index in [-0.39, 0.29) is 22.8 Å². The molecule has 3 aromatic carbocycles. The lowest BCUT2D eigenvalue weighted by Crippen LogP contribution is -2.29. The monoisotopic (exact) mass is 469 g/mol. The van der Waals surface area contributed by atoms with Crippen LogP contribution in [-0.4, -0.2) is 12.1 Å². The number of rotatable bonds is 6. The molecule has 8 heteroatoms. The largest absolute Gasteiger partial charge is 0.438 e. The summed E-state index contributed by atoms with van der Waals surface area (Å²) in [7, 11) is 0. The average molecular weight is 470 g/mol. The fourth-order valence-electron chi connectivity index (χ4n) is 3.50. The summed E-state index contributed by atoms with van der Waals surface area (Å²) in [6, 6.07) is 27.3. The number of amides is 1. The van der Waals surface area contributed by atoms with Crippen LogP contribution in [0.25, 0.3) is 0 Å². The topological polar surface area (TPSA) is 113 Å². The second kappa shape index (κ2) is 10.4. The molecule has 3 aromatic rings. The zero-order valence-corrected chi connectivity index (χ0v) is 18.7. The molecule has 7 nitrogen and oxygen atoms in total. The third-order valence-corrected chi connectivity index (χ3v) is 5.33. The van der Waals surface area contributed by atoms with Gasteiger partial charge in [-0.3, -0.25) is 10.2 Å². The van der Waals surface area contributed by atoms with Crippen molar-refractivity contribution in [1.82, 2.24) is 0 Å². The van der Waals surface area contributed by atoms with E-state index >= 15 is 0 Å². The van der Waals surface area contributed by atoms with Gasteiger partial charge in [-0.15, -0.1) is 0 Å². The van der Waals surface area contributed by atoms with Gasteiger partial charge in [0.25, 0.3) is 5.91 Å². The van der Waals surface area contributed by atoms with Crippen LogP contribution in [0.3, 0.4) is 0 Å². The van der Waals surface area contributed by atoms with Gasteiger partial charge in [-0.1, -0.05) is 60.1 Å². The Hall–Kier alpha value is -4.54. The minimum absolute atomic E-state index is 0.0828. The van der Waals surface area contributed by atoms with Crippen molar-refractivity contribution in [1.29, 1.82) is 5.26 Å². The van der Waals surface area contributed by atoms with Crippen molar-refractivity contribution in [2.45, 2.75) is 5.92 Å². The summed E-state index contributed by atoms with van der Waals surface area (Å²) in [6.45, 7) is 0. The lowest BCUT2D eigenvalue weighted by molar-refractivity contribution is -0.113. The van der Waals surface area contributed by atoms with Gasteiger partial charge < -0.3 is 15.8 Å². The smallest absolute Gasteiger partial charge is 0.256 e. The van der Waals surface area contributed by atoms with E-state index in [1.54, 1.807) is 36.4 Å². The van der Waals surface area contributed by atoms with Crippen LogP contribution in [-0.2, 0) is 9.53 Å². The molecular weight excluding hydrogens is 450 g/mol. The van der Waals surface area contributed by atoms with Crippen molar-refractivity contribution in [3.8, 4) is 6.07 Å². The molecule has 4 rings (SSSR count). The average Bonchev–Trinajstić information content (AvgIpc) is 2.86. The summed E-state index contributed by atoms with van der Waals surface area (Å²) in [6.07, 6.45) is 1.37. The van der Waals surface area contributed by atoms with Crippen molar-refractivity contribution in [2.24, 2.45) is 10.8 Å². The molecule has 0 radical (unpaired) electrons. The maximum Gasteiger partial charge on any atom is 0.256 e. The molecule has 168 valence electrons. The second-order valence-corrected chi connectivity index (χ2v) is 7.75. The maximum absolute atomic E-state index is 13.5. The predicted molar refractivity (Wildman–Crippen MR) is 133 cm³/mol. The number of anilines is 2. The zero-order valence-electron chi connectivity index (χ0n) is 17.9. The van der Waals surface area contributed by atoms with E-state index in [1.807, 2.05) is 48.5 Å². The van der Waals surface area contributed by atoms with Crippen LogP contribution < -0.4 is 16.5 Å². The Labute approximate surface area is 201 Å². The summed E-state index contributed by atoms with van der Waals surface area (Å²) in [5.74, 6) is -1.13. The molecule has 1 aliphatic heterocycles. The Balaban J connectivity index is 1.76. The number of hydrogen-bond donors (Lipinski definition) is 3. The van der Waals surface area contributed by atoms with E-state index in [9.17, 15) is 10.1 Å². The molecule has 0 aromatic heterocycles. The highest BCUT2D eigenvalue weighted by Crippen LogP contribution is 2.39. The molecule has 0 fully saturated rings. The zero-order chi connectivity index (χ0) is 23.9. The highest BCUT2D eigenvalue weighted by molar-refractivity contribution is 6.30. The molecule has 0 saturated carbocycles. The third kappa shape index (κ3) is 5.09. The number of allylic oxidation sites excluding steroid dienone is 2. The summed E-state index contributed by atoms with van der Waals surface area (Å²) >= 11 is 5.92. The second-order valence-electron chi connectivity index (χ2n) is 7.31. The Morgan fingerprint density at radius 2 is 1.65 bits per heavy atom. The summed E-state index contributed by atoms with van der Waals surface area (Å²) in [5, 5.41) is 17.5. The first-order chi connectivity index (χ1) is 16.6. The van der Waals surface area contributed by atoms with Crippen molar-refractivity contribution < 1.29 is 9.53 Å². The fourth-order valence-corrected chi connectivity index (χ4v) is 3.63. The molecule has 0 saturated heterocycles. The number of hydrogen-bond acceptors (Lipinski definition) is 6. The molecule has 4 N–H and O–H groups in total. The SMILES string of the molecule is N#CC1=C(N)OC(/C=N/Nc2ccc(Cl)cc2)=C(C(=O)Nc2ccccc2)C1c1ccccc1. The number of nitrogens with zero attached hydrogens (tertiary/aromatic N) is 2. The quantitative estimate of drug-likeness (QED) is 0.342. The number of ether oxygens (including phenoxy) is 1. The van der Waals surface area contributed by atoms with Gasteiger partial charge in [0.1, 0.15) is 11.6 Å². The maximum atomic E-state index is 13.5. The van der Waals surface area contributed by atoms with Crippen molar-refractivity contribution in [2.75, 3.05) is 10.7 Å². The molecule has 0 aliphatic carbocycles. The lowest BCUT2D eigenvalue weighted by atomic mass is 9.82. The van der Waals surface area contributed by atoms with Crippen LogP contribution in [0.5, 0.6) is 0 Å². The minimum Gasteiger partial charge on any atom is -0.438 e. The standard InChI is InChI=1S/C26H20ClN5O2/c27-18-11-13-20(14-12-18)32-30-16-22-24(26(33)31-19-9-5-2-6-10-19)23(17-7-3-1-4-8-17)21(15-28)25(29)34-22/h1-14,16,23,32H,29H2,(H,31,33)/b30-16+. The lowest BCUT2D eigenvalue weighted by Gasteiger charge is -2.27. The number of carbonyl (C=O) groups is 1. The summed E-state index contributed by atoms with van der Waals surface area (Å²) < 4.78 is 5.71. The van der Waals surface area contributed by atoms with Crippen molar-refractivity contribution in [3.05, 3.63) is 118 Å². The van der Waals surface area contributed by atoms with Crippen molar-refractivity contribution >= 4 is 35.1 Å². The van der Waals surface area contributed by atoms with Crippen LogP contribution in [0.4, 0.5) is 11.4 Å². The molecule has 1 amide bonds. The van der Waals surface area contributed by atoms with Gasteiger partial charge in [-0.2, -0.15) is 10.4 Å². The highest BCUT2D eigenvalue weighted by Gasteiger charge is 2.36. The van der Waals surface area contributed by atoms with Crippen LogP contribution in [0.1, 0.15) is 11.5 Å². The number of hydrazone groups is 1. The number of nitrogens with one attached hydrogen (secondary N) is 2. The minimum atomic E-state index is -0.736. The van der Waals surface area contributed by atoms with Gasteiger partial charge in [-0.25, -0.2) is 0 Å². The molecule has 0 bridgehead atoms. The van der Waals surface area contributed by atoms with Gasteiger partial charge in [0.05, 0.1) is 23.4 Å². The summed E-state index contributed by atoms with van der Waals surface area (Å²) in [4.78, 5) is 13.5. The molecule has 34 heavy (non-hydrogen) atoms. The van der Waals surface area contributed by atoms with E-state index < -0.39 is 11.8 Å². The van der Waals surface area contributed by atoms with Crippen LogP contribution in [0.2, 0.25) is 5.02 Å². The molecule has 1 heterocycles. The first-order valence-corrected chi connectivity index (χ1v) is 10.7. The number of halogens is 1. The first-order valence-electron chi connectivity index (χ1n) is 10.3. The molecule has 1 atom stereocenters. The Morgan fingerprint density at radius 1 is 1.00 bits per heavy atom. The van der Waals surface area contributed by atoms with Gasteiger partial charge in [0, 0.05) is 10.7 Å². The van der Waals surface area contributed by atoms with E-state index in [0.717, 1.165) is 5.56 Å². The van der Waals surface area contributed by atoms with Gasteiger partial charge in [-0.05, 0) is 42.0 Å². The highest BCUT2D eigenvalue weighted by atomic mass is 35.5. The Morgan fingerprint density at radius 3 is 2.29 bits per heavy atom. The van der Waals surface area contributed by atoms with Gasteiger partial charge >= 0.3 is 0 Å². The number of carbonyl (C=O) groups excluding carboxylic acids is 1.